The molecule has 0 saturated heterocycles. The third-order valence-corrected chi connectivity index (χ3v) is 5.02. The van der Waals surface area contributed by atoms with Gasteiger partial charge in [-0.15, -0.1) is 11.8 Å². The first-order chi connectivity index (χ1) is 10.6. The van der Waals surface area contributed by atoms with Gasteiger partial charge in [-0.25, -0.2) is 4.79 Å². The van der Waals surface area contributed by atoms with Crippen molar-refractivity contribution in [3.05, 3.63) is 54.0 Å². The minimum absolute atomic E-state index is 0.0232. The summed E-state index contributed by atoms with van der Waals surface area (Å²) in [6, 6.07) is 11.3. The smallest absolute Gasteiger partial charge is 0.338 e. The van der Waals surface area contributed by atoms with Crippen LogP contribution in [0.15, 0.2) is 52.0 Å². The zero-order chi connectivity index (χ0) is 15.6. The van der Waals surface area contributed by atoms with Crippen LogP contribution in [0.1, 0.15) is 33.8 Å². The number of carboxylic acid groups (broad SMARTS) is 1. The molecule has 2 aromatic rings. The van der Waals surface area contributed by atoms with Crippen molar-refractivity contribution in [1.82, 2.24) is 5.32 Å². The van der Waals surface area contributed by atoms with Crippen molar-refractivity contribution in [2.45, 2.75) is 22.5 Å². The molecule has 6 heteroatoms. The molecule has 22 heavy (non-hydrogen) atoms. The number of hydrogen-bond acceptors (Lipinski definition) is 4. The standard InChI is InChI=1S/C16H15NO4S/c18-14(13-8-11(9-21-13)15(19)20)17-10-16(6-7-16)22-12-4-2-1-3-5-12/h1-5,8-9H,6-7,10H2,(H,17,18)(H,19,20). The lowest BCUT2D eigenvalue weighted by atomic mass is 10.3. The van der Waals surface area contributed by atoms with E-state index < -0.39 is 5.97 Å². The number of amides is 1. The first-order valence-electron chi connectivity index (χ1n) is 6.92. The SMILES string of the molecule is O=C(O)c1coc(C(=O)NCC2(Sc3ccccc3)CC2)c1. The average Bonchev–Trinajstić information content (AvgIpc) is 3.09. The van der Waals surface area contributed by atoms with Gasteiger partial charge in [0.15, 0.2) is 5.76 Å². The van der Waals surface area contributed by atoms with E-state index in [2.05, 4.69) is 17.4 Å². The Hall–Kier alpha value is -2.21. The Morgan fingerprint density at radius 2 is 2.00 bits per heavy atom. The number of benzene rings is 1. The Morgan fingerprint density at radius 1 is 1.27 bits per heavy atom. The first kappa shape index (κ1) is 14.7. The van der Waals surface area contributed by atoms with Crippen molar-refractivity contribution < 1.29 is 19.1 Å². The highest BCUT2D eigenvalue weighted by Crippen LogP contribution is 2.51. The molecule has 1 fully saturated rings. The van der Waals surface area contributed by atoms with Crippen LogP contribution in [0.4, 0.5) is 0 Å². The van der Waals surface area contributed by atoms with Crippen LogP contribution in [0, 0.1) is 0 Å². The molecule has 0 atom stereocenters. The summed E-state index contributed by atoms with van der Waals surface area (Å²) < 4.78 is 5.03. The molecular formula is C16H15NO4S. The lowest BCUT2D eigenvalue weighted by Gasteiger charge is -2.15. The zero-order valence-corrected chi connectivity index (χ0v) is 12.6. The fraction of sp³-hybridized carbons (Fsp3) is 0.250. The van der Waals surface area contributed by atoms with Crippen LogP contribution in [0.25, 0.3) is 0 Å². The molecule has 2 N–H and O–H groups in total. The second-order valence-electron chi connectivity index (χ2n) is 5.29. The van der Waals surface area contributed by atoms with E-state index in [0.29, 0.717) is 6.54 Å². The zero-order valence-electron chi connectivity index (χ0n) is 11.7. The van der Waals surface area contributed by atoms with E-state index >= 15 is 0 Å². The van der Waals surface area contributed by atoms with Crippen LogP contribution in [-0.2, 0) is 0 Å². The summed E-state index contributed by atoms with van der Waals surface area (Å²) >= 11 is 1.76. The Labute approximate surface area is 131 Å². The highest BCUT2D eigenvalue weighted by molar-refractivity contribution is 8.01. The van der Waals surface area contributed by atoms with E-state index in [0.717, 1.165) is 19.1 Å². The van der Waals surface area contributed by atoms with E-state index in [1.54, 1.807) is 11.8 Å². The normalized spacial score (nSPS) is 15.3. The lowest BCUT2D eigenvalue weighted by Crippen LogP contribution is -2.31. The van der Waals surface area contributed by atoms with E-state index in [-0.39, 0.29) is 22.0 Å². The number of furan rings is 1. The molecule has 1 heterocycles. The summed E-state index contributed by atoms with van der Waals surface area (Å²) in [5.74, 6) is -1.47. The molecule has 1 aromatic heterocycles. The van der Waals surface area contributed by atoms with Crippen molar-refractivity contribution in [1.29, 1.82) is 0 Å². The van der Waals surface area contributed by atoms with E-state index in [9.17, 15) is 9.59 Å². The fourth-order valence-electron chi connectivity index (χ4n) is 2.09. The van der Waals surface area contributed by atoms with Gasteiger partial charge in [-0.1, -0.05) is 18.2 Å². The average molecular weight is 317 g/mol. The van der Waals surface area contributed by atoms with Gasteiger partial charge in [0.1, 0.15) is 6.26 Å². The van der Waals surface area contributed by atoms with Crippen LogP contribution in [0.3, 0.4) is 0 Å². The quantitative estimate of drug-likeness (QED) is 0.856. The maximum Gasteiger partial charge on any atom is 0.338 e. The van der Waals surface area contributed by atoms with Gasteiger partial charge >= 0.3 is 5.97 Å². The van der Waals surface area contributed by atoms with Crippen molar-refractivity contribution in [3.8, 4) is 0 Å². The van der Waals surface area contributed by atoms with Crippen molar-refractivity contribution >= 4 is 23.6 Å². The number of carbonyl (C=O) groups excluding carboxylic acids is 1. The van der Waals surface area contributed by atoms with Gasteiger partial charge in [0.05, 0.1) is 5.56 Å². The van der Waals surface area contributed by atoms with Crippen molar-refractivity contribution in [3.63, 3.8) is 0 Å². The number of thioether (sulfide) groups is 1. The molecular weight excluding hydrogens is 302 g/mol. The van der Waals surface area contributed by atoms with Gasteiger partial charge in [0, 0.05) is 22.3 Å². The van der Waals surface area contributed by atoms with Crippen LogP contribution < -0.4 is 5.32 Å². The molecule has 1 saturated carbocycles. The van der Waals surface area contributed by atoms with E-state index in [1.165, 1.54) is 11.0 Å². The van der Waals surface area contributed by atoms with E-state index in [1.807, 2.05) is 18.2 Å². The summed E-state index contributed by atoms with van der Waals surface area (Å²) in [6.07, 6.45) is 3.17. The molecule has 0 unspecified atom stereocenters. The van der Waals surface area contributed by atoms with Crippen LogP contribution in [0.2, 0.25) is 0 Å². The lowest BCUT2D eigenvalue weighted by molar-refractivity contribution is 0.0696. The van der Waals surface area contributed by atoms with Gasteiger partial charge in [0.2, 0.25) is 0 Å². The summed E-state index contributed by atoms with van der Waals surface area (Å²) in [7, 11) is 0. The van der Waals surface area contributed by atoms with E-state index in [4.69, 9.17) is 9.52 Å². The first-order valence-corrected chi connectivity index (χ1v) is 7.74. The molecule has 1 aliphatic carbocycles. The molecule has 1 aliphatic rings. The molecule has 114 valence electrons. The number of aromatic carboxylic acids is 1. The fourth-order valence-corrected chi connectivity index (χ4v) is 3.33. The van der Waals surface area contributed by atoms with Gasteiger partial charge in [-0.2, -0.15) is 0 Å². The number of nitrogens with one attached hydrogen (secondary N) is 1. The Kier molecular flexibility index (Phi) is 3.94. The number of carbonyl (C=O) groups is 2. The Bertz CT molecular complexity index is 691. The minimum Gasteiger partial charge on any atom is -0.478 e. The third kappa shape index (κ3) is 3.33. The summed E-state index contributed by atoms with van der Waals surface area (Å²) in [5, 5.41) is 11.6. The predicted molar refractivity (Wildman–Crippen MR) is 82.3 cm³/mol. The largest absolute Gasteiger partial charge is 0.478 e. The summed E-state index contributed by atoms with van der Waals surface area (Å²) in [5.41, 5.74) is -0.0232. The third-order valence-electron chi connectivity index (χ3n) is 3.53. The minimum atomic E-state index is -1.11. The summed E-state index contributed by atoms with van der Waals surface area (Å²) in [4.78, 5) is 24.0. The Balaban J connectivity index is 1.57. The predicted octanol–water partition coefficient (Wildman–Crippen LogP) is 3.03. The Morgan fingerprint density at radius 3 is 2.59 bits per heavy atom. The molecule has 0 aliphatic heterocycles. The molecule has 0 radical (unpaired) electrons. The van der Waals surface area contributed by atoms with Crippen LogP contribution in [0.5, 0.6) is 0 Å². The van der Waals surface area contributed by atoms with Gasteiger partial charge < -0.3 is 14.8 Å². The monoisotopic (exact) mass is 317 g/mol. The topological polar surface area (TPSA) is 79.5 Å². The van der Waals surface area contributed by atoms with Gasteiger partial charge in [-0.3, -0.25) is 4.79 Å². The number of hydrogen-bond donors (Lipinski definition) is 2. The molecule has 3 rings (SSSR count). The second-order valence-corrected chi connectivity index (χ2v) is 6.83. The number of carboxylic acids is 1. The summed E-state index contributed by atoms with van der Waals surface area (Å²) in [6.45, 7) is 0.536. The molecule has 5 nitrogen and oxygen atoms in total. The maximum atomic E-state index is 12.0. The van der Waals surface area contributed by atoms with Gasteiger partial charge in [-0.05, 0) is 25.0 Å². The molecule has 0 spiro atoms. The van der Waals surface area contributed by atoms with Crippen LogP contribution in [-0.4, -0.2) is 28.3 Å². The highest BCUT2D eigenvalue weighted by atomic mass is 32.2. The van der Waals surface area contributed by atoms with Gasteiger partial charge in [0.25, 0.3) is 5.91 Å². The molecule has 1 aromatic carbocycles. The second kappa shape index (κ2) is 5.88. The number of rotatable bonds is 6. The molecule has 0 bridgehead atoms. The van der Waals surface area contributed by atoms with Crippen molar-refractivity contribution in [2.24, 2.45) is 0 Å². The van der Waals surface area contributed by atoms with Crippen molar-refractivity contribution in [2.75, 3.05) is 6.54 Å². The highest BCUT2D eigenvalue weighted by Gasteiger charge is 2.44. The van der Waals surface area contributed by atoms with Crippen LogP contribution >= 0.6 is 11.8 Å². The maximum absolute atomic E-state index is 12.0. The molecule has 1 amide bonds.